The average molecular weight is 511 g/mol. The highest BCUT2D eigenvalue weighted by Gasteiger charge is 2.30. The lowest BCUT2D eigenvalue weighted by atomic mass is 9.96. The summed E-state index contributed by atoms with van der Waals surface area (Å²) in [4.78, 5) is 12.6. The van der Waals surface area contributed by atoms with Crippen LogP contribution in [0, 0.1) is 11.6 Å². The van der Waals surface area contributed by atoms with E-state index in [9.17, 15) is 26.7 Å². The standard InChI is InChI=1S/C29H22F5NO2/c30-25-8-5-9-26(31)27(25)37-17-3-1-2-16-35-28(36)21-12-15-24-20(18-21)6-4-7-23(24)19-10-13-22(14-11-19)29(32,33)34/h1,3-15,18H,2,16-17H2,(H,35,36)/b3-1+. The molecule has 0 heterocycles. The van der Waals surface area contributed by atoms with E-state index in [1.165, 1.54) is 18.2 Å². The van der Waals surface area contributed by atoms with E-state index >= 15 is 0 Å². The van der Waals surface area contributed by atoms with Gasteiger partial charge in [-0.15, -0.1) is 0 Å². The van der Waals surface area contributed by atoms with E-state index in [4.69, 9.17) is 4.74 Å². The summed E-state index contributed by atoms with van der Waals surface area (Å²) in [5.74, 6) is -2.26. The second-order valence-electron chi connectivity index (χ2n) is 8.19. The number of para-hydroxylation sites is 1. The number of fused-ring (bicyclic) bond motifs is 1. The number of amides is 1. The SMILES string of the molecule is O=C(NCC/C=C/COc1c(F)cccc1F)c1ccc2c(-c3ccc(C(F)(F)F)cc3)cccc2c1. The first-order valence-electron chi connectivity index (χ1n) is 11.4. The molecule has 0 bridgehead atoms. The molecule has 37 heavy (non-hydrogen) atoms. The van der Waals surface area contributed by atoms with Crippen LogP contribution in [0.25, 0.3) is 21.9 Å². The predicted molar refractivity (Wildman–Crippen MR) is 132 cm³/mol. The molecule has 0 saturated heterocycles. The van der Waals surface area contributed by atoms with Crippen molar-refractivity contribution in [1.82, 2.24) is 5.32 Å². The zero-order valence-corrected chi connectivity index (χ0v) is 19.5. The molecule has 1 N–H and O–H groups in total. The fraction of sp³-hybridized carbons (Fsp3) is 0.138. The molecule has 0 aliphatic rings. The van der Waals surface area contributed by atoms with Crippen LogP contribution in [0.2, 0.25) is 0 Å². The molecule has 0 spiro atoms. The third-order valence-electron chi connectivity index (χ3n) is 5.67. The summed E-state index contributed by atoms with van der Waals surface area (Å²) in [7, 11) is 0. The Hall–Kier alpha value is -4.20. The van der Waals surface area contributed by atoms with Crippen LogP contribution >= 0.6 is 0 Å². The fourth-order valence-corrected chi connectivity index (χ4v) is 3.82. The lowest BCUT2D eigenvalue weighted by Crippen LogP contribution is -2.24. The lowest BCUT2D eigenvalue weighted by Gasteiger charge is -2.11. The van der Waals surface area contributed by atoms with E-state index in [0.29, 0.717) is 24.1 Å². The molecule has 4 aromatic rings. The zero-order chi connectivity index (χ0) is 26.4. The Bertz CT molecular complexity index is 1410. The molecule has 8 heteroatoms. The lowest BCUT2D eigenvalue weighted by molar-refractivity contribution is -0.137. The Labute approximate surface area is 210 Å². The zero-order valence-electron chi connectivity index (χ0n) is 19.5. The molecule has 1 amide bonds. The molecule has 0 aliphatic carbocycles. The van der Waals surface area contributed by atoms with Crippen LogP contribution in [0.1, 0.15) is 22.3 Å². The van der Waals surface area contributed by atoms with Crippen molar-refractivity contribution >= 4 is 16.7 Å². The summed E-state index contributed by atoms with van der Waals surface area (Å²) in [5, 5.41) is 4.39. The molecule has 0 aliphatic heterocycles. The molecule has 0 aromatic heterocycles. The minimum absolute atomic E-state index is 0.0161. The van der Waals surface area contributed by atoms with Gasteiger partial charge in [-0.3, -0.25) is 4.79 Å². The van der Waals surface area contributed by atoms with Gasteiger partial charge in [0.1, 0.15) is 6.61 Å². The van der Waals surface area contributed by atoms with E-state index in [-0.39, 0.29) is 12.5 Å². The third-order valence-corrected chi connectivity index (χ3v) is 5.67. The summed E-state index contributed by atoms with van der Waals surface area (Å²) in [6.07, 6.45) is -0.572. The van der Waals surface area contributed by atoms with Gasteiger partial charge in [-0.2, -0.15) is 13.2 Å². The fourth-order valence-electron chi connectivity index (χ4n) is 3.82. The van der Waals surface area contributed by atoms with Gasteiger partial charge < -0.3 is 10.1 Å². The van der Waals surface area contributed by atoms with Crippen LogP contribution in [0.15, 0.2) is 91.0 Å². The average Bonchev–Trinajstić information content (AvgIpc) is 2.88. The van der Waals surface area contributed by atoms with E-state index in [1.54, 1.807) is 36.4 Å². The predicted octanol–water partition coefficient (Wildman–Crippen LogP) is 7.56. The maximum atomic E-state index is 13.5. The van der Waals surface area contributed by atoms with Gasteiger partial charge in [0.25, 0.3) is 5.91 Å². The number of hydrogen-bond acceptors (Lipinski definition) is 2. The highest BCUT2D eigenvalue weighted by molar-refractivity contribution is 6.02. The van der Waals surface area contributed by atoms with Crippen LogP contribution in [-0.2, 0) is 6.18 Å². The van der Waals surface area contributed by atoms with Crippen molar-refractivity contribution in [2.24, 2.45) is 0 Å². The first kappa shape index (κ1) is 25.9. The highest BCUT2D eigenvalue weighted by atomic mass is 19.4. The van der Waals surface area contributed by atoms with Gasteiger partial charge in [-0.05, 0) is 64.7 Å². The first-order chi connectivity index (χ1) is 17.7. The van der Waals surface area contributed by atoms with Crippen molar-refractivity contribution in [3.8, 4) is 16.9 Å². The minimum Gasteiger partial charge on any atom is -0.483 e. The number of halogens is 5. The molecule has 0 fully saturated rings. The summed E-state index contributed by atoms with van der Waals surface area (Å²) < 4.78 is 70.8. The second kappa shape index (κ2) is 11.2. The van der Waals surface area contributed by atoms with Crippen LogP contribution in [0.5, 0.6) is 5.75 Å². The van der Waals surface area contributed by atoms with Crippen molar-refractivity contribution in [1.29, 1.82) is 0 Å². The van der Waals surface area contributed by atoms with Gasteiger partial charge in [0.05, 0.1) is 5.56 Å². The number of carbonyl (C=O) groups is 1. The van der Waals surface area contributed by atoms with E-state index in [2.05, 4.69) is 5.32 Å². The quantitative estimate of drug-likeness (QED) is 0.151. The number of hydrogen-bond donors (Lipinski definition) is 1. The topological polar surface area (TPSA) is 38.3 Å². The maximum Gasteiger partial charge on any atom is 0.416 e. The van der Waals surface area contributed by atoms with Crippen molar-refractivity contribution in [3.05, 3.63) is 114 Å². The van der Waals surface area contributed by atoms with Gasteiger partial charge in [0, 0.05) is 12.1 Å². The molecular formula is C29H22F5NO2. The monoisotopic (exact) mass is 511 g/mol. The van der Waals surface area contributed by atoms with Gasteiger partial charge in [-0.1, -0.05) is 54.6 Å². The molecule has 0 atom stereocenters. The summed E-state index contributed by atoms with van der Waals surface area (Å²) in [6, 6.07) is 19.1. The number of nitrogens with one attached hydrogen (secondary N) is 1. The molecule has 4 rings (SSSR count). The van der Waals surface area contributed by atoms with Crippen LogP contribution in [0.3, 0.4) is 0 Å². The Kier molecular flexibility index (Phi) is 7.86. The Morgan fingerprint density at radius 2 is 1.57 bits per heavy atom. The van der Waals surface area contributed by atoms with Crippen molar-refractivity contribution in [2.75, 3.05) is 13.2 Å². The van der Waals surface area contributed by atoms with Crippen molar-refractivity contribution in [3.63, 3.8) is 0 Å². The van der Waals surface area contributed by atoms with Gasteiger partial charge in [-0.25, -0.2) is 8.78 Å². The number of alkyl halides is 3. The Morgan fingerprint density at radius 1 is 0.865 bits per heavy atom. The van der Waals surface area contributed by atoms with Crippen LogP contribution < -0.4 is 10.1 Å². The van der Waals surface area contributed by atoms with E-state index < -0.39 is 29.1 Å². The second-order valence-corrected chi connectivity index (χ2v) is 8.19. The number of benzene rings is 4. The molecule has 0 saturated carbocycles. The summed E-state index contributed by atoms with van der Waals surface area (Å²) in [5.41, 5.74) is 1.14. The highest BCUT2D eigenvalue weighted by Crippen LogP contribution is 2.33. The maximum absolute atomic E-state index is 13.5. The Morgan fingerprint density at radius 3 is 2.27 bits per heavy atom. The van der Waals surface area contributed by atoms with Crippen LogP contribution in [-0.4, -0.2) is 19.1 Å². The molecule has 0 radical (unpaired) electrons. The first-order valence-corrected chi connectivity index (χ1v) is 11.4. The normalized spacial score (nSPS) is 11.7. The van der Waals surface area contributed by atoms with Gasteiger partial charge in [0.2, 0.25) is 0 Å². The summed E-state index contributed by atoms with van der Waals surface area (Å²) in [6.45, 7) is 0.324. The molecule has 3 nitrogen and oxygen atoms in total. The van der Waals surface area contributed by atoms with E-state index in [1.807, 2.05) is 12.1 Å². The van der Waals surface area contributed by atoms with E-state index in [0.717, 1.165) is 40.6 Å². The third kappa shape index (κ3) is 6.33. The number of rotatable bonds is 8. The van der Waals surface area contributed by atoms with Crippen molar-refractivity contribution < 1.29 is 31.5 Å². The number of carbonyl (C=O) groups excluding carboxylic acids is 1. The van der Waals surface area contributed by atoms with Gasteiger partial charge >= 0.3 is 6.18 Å². The molecule has 0 unspecified atom stereocenters. The molecular weight excluding hydrogens is 489 g/mol. The Balaban J connectivity index is 1.34. The summed E-state index contributed by atoms with van der Waals surface area (Å²) >= 11 is 0. The smallest absolute Gasteiger partial charge is 0.416 e. The molecule has 4 aromatic carbocycles. The minimum atomic E-state index is -4.40. The van der Waals surface area contributed by atoms with Crippen molar-refractivity contribution in [2.45, 2.75) is 12.6 Å². The number of ether oxygens (including phenoxy) is 1. The largest absolute Gasteiger partial charge is 0.483 e. The van der Waals surface area contributed by atoms with Crippen LogP contribution in [0.4, 0.5) is 22.0 Å². The molecule has 190 valence electrons. The van der Waals surface area contributed by atoms with Gasteiger partial charge in [0.15, 0.2) is 17.4 Å².